The molecular formula is C19H20BrN5O. The Hall–Kier alpha value is -2.41. The molecule has 0 bridgehead atoms. The average molecular weight is 414 g/mol. The van der Waals surface area contributed by atoms with Gasteiger partial charge in [-0.3, -0.25) is 9.48 Å². The van der Waals surface area contributed by atoms with Crippen LogP contribution >= 0.6 is 15.9 Å². The molecule has 3 heterocycles. The second-order valence-corrected chi connectivity index (χ2v) is 7.50. The minimum atomic E-state index is -0.0582. The number of hydrogen-bond acceptors (Lipinski definition) is 4. The van der Waals surface area contributed by atoms with Crippen molar-refractivity contribution >= 4 is 38.6 Å². The van der Waals surface area contributed by atoms with Crippen molar-refractivity contribution < 1.29 is 4.79 Å². The SMILES string of the molecule is Cn1nccc1C(=O)NC1CCN(c2ccc3ccc(Br)cc3n2)CC1. The van der Waals surface area contributed by atoms with Crippen LogP contribution in [-0.2, 0) is 7.05 Å². The molecule has 134 valence electrons. The summed E-state index contributed by atoms with van der Waals surface area (Å²) in [6.07, 6.45) is 3.45. The van der Waals surface area contributed by atoms with Crippen LogP contribution in [0.1, 0.15) is 23.3 Å². The highest BCUT2D eigenvalue weighted by Crippen LogP contribution is 2.24. The van der Waals surface area contributed by atoms with Crippen LogP contribution in [0.3, 0.4) is 0 Å². The van der Waals surface area contributed by atoms with Crippen molar-refractivity contribution in [2.24, 2.45) is 7.05 Å². The summed E-state index contributed by atoms with van der Waals surface area (Å²) in [5.41, 5.74) is 1.58. The maximum absolute atomic E-state index is 12.3. The minimum absolute atomic E-state index is 0.0582. The number of amides is 1. The number of rotatable bonds is 3. The highest BCUT2D eigenvalue weighted by Gasteiger charge is 2.23. The number of anilines is 1. The number of aryl methyl sites for hydroxylation is 1. The van der Waals surface area contributed by atoms with E-state index in [0.717, 1.165) is 47.1 Å². The molecule has 1 aliphatic rings. The summed E-state index contributed by atoms with van der Waals surface area (Å²) >= 11 is 3.51. The molecule has 0 atom stereocenters. The number of nitrogens with one attached hydrogen (secondary N) is 1. The minimum Gasteiger partial charge on any atom is -0.356 e. The van der Waals surface area contributed by atoms with Gasteiger partial charge in [0.15, 0.2) is 0 Å². The van der Waals surface area contributed by atoms with Crippen molar-refractivity contribution in [2.75, 3.05) is 18.0 Å². The molecule has 1 N–H and O–H groups in total. The molecule has 0 spiro atoms. The fourth-order valence-corrected chi connectivity index (χ4v) is 3.71. The van der Waals surface area contributed by atoms with Crippen LogP contribution in [-0.4, -0.2) is 39.8 Å². The highest BCUT2D eigenvalue weighted by molar-refractivity contribution is 9.10. The number of nitrogens with zero attached hydrogens (tertiary/aromatic N) is 4. The van der Waals surface area contributed by atoms with Gasteiger partial charge < -0.3 is 10.2 Å². The molecule has 1 fully saturated rings. The van der Waals surface area contributed by atoms with Crippen molar-refractivity contribution in [3.05, 3.63) is 52.8 Å². The maximum atomic E-state index is 12.3. The Bertz CT molecular complexity index is 946. The molecule has 1 aromatic carbocycles. The van der Waals surface area contributed by atoms with Gasteiger partial charge >= 0.3 is 0 Å². The second kappa shape index (κ2) is 7.07. The van der Waals surface area contributed by atoms with Crippen LogP contribution in [0.4, 0.5) is 5.82 Å². The van der Waals surface area contributed by atoms with E-state index < -0.39 is 0 Å². The molecule has 6 nitrogen and oxygen atoms in total. The Balaban J connectivity index is 1.40. The van der Waals surface area contributed by atoms with Gasteiger partial charge in [-0.25, -0.2) is 4.98 Å². The van der Waals surface area contributed by atoms with Gasteiger partial charge in [-0.1, -0.05) is 22.0 Å². The summed E-state index contributed by atoms with van der Waals surface area (Å²) in [7, 11) is 1.78. The second-order valence-electron chi connectivity index (χ2n) is 6.58. The third-order valence-corrected chi connectivity index (χ3v) is 5.34. The maximum Gasteiger partial charge on any atom is 0.269 e. The van der Waals surface area contributed by atoms with E-state index in [1.807, 2.05) is 12.1 Å². The van der Waals surface area contributed by atoms with E-state index in [0.29, 0.717) is 5.69 Å². The van der Waals surface area contributed by atoms with Crippen molar-refractivity contribution in [1.29, 1.82) is 0 Å². The van der Waals surface area contributed by atoms with Gasteiger partial charge in [0.05, 0.1) is 5.52 Å². The fraction of sp³-hybridized carbons (Fsp3) is 0.316. The monoisotopic (exact) mass is 413 g/mol. The Kier molecular flexibility index (Phi) is 4.63. The van der Waals surface area contributed by atoms with Crippen LogP contribution in [0.2, 0.25) is 0 Å². The number of hydrogen-bond donors (Lipinski definition) is 1. The zero-order valence-corrected chi connectivity index (χ0v) is 16.1. The molecular weight excluding hydrogens is 394 g/mol. The highest BCUT2D eigenvalue weighted by atomic mass is 79.9. The third-order valence-electron chi connectivity index (χ3n) is 4.85. The molecule has 1 amide bonds. The normalized spacial score (nSPS) is 15.4. The van der Waals surface area contributed by atoms with E-state index in [-0.39, 0.29) is 11.9 Å². The zero-order chi connectivity index (χ0) is 18.1. The number of carbonyl (C=O) groups excluding carboxylic acids is 1. The summed E-state index contributed by atoms with van der Waals surface area (Å²) in [5, 5.41) is 8.30. The fourth-order valence-electron chi connectivity index (χ4n) is 3.36. The first kappa shape index (κ1) is 17.0. The molecule has 0 radical (unpaired) electrons. The molecule has 1 aliphatic heterocycles. The number of benzene rings is 1. The average Bonchev–Trinajstić information content (AvgIpc) is 3.08. The summed E-state index contributed by atoms with van der Waals surface area (Å²) in [6, 6.07) is 12.2. The lowest BCUT2D eigenvalue weighted by molar-refractivity contribution is 0.0921. The Morgan fingerprint density at radius 3 is 2.69 bits per heavy atom. The van der Waals surface area contributed by atoms with E-state index in [2.05, 4.69) is 49.4 Å². The van der Waals surface area contributed by atoms with E-state index >= 15 is 0 Å². The standard InChI is InChI=1S/C19H20BrN5O/c1-24-17(6-9-21-24)19(26)22-15-7-10-25(11-8-15)18-5-3-13-2-4-14(20)12-16(13)23-18/h2-6,9,12,15H,7-8,10-11H2,1H3,(H,22,26). The molecule has 2 aromatic heterocycles. The Labute approximate surface area is 160 Å². The molecule has 3 aromatic rings. The first-order valence-electron chi connectivity index (χ1n) is 8.70. The number of aromatic nitrogens is 3. The molecule has 1 saturated heterocycles. The predicted molar refractivity (Wildman–Crippen MR) is 105 cm³/mol. The van der Waals surface area contributed by atoms with Gasteiger partial charge in [0, 0.05) is 42.2 Å². The first-order chi connectivity index (χ1) is 12.6. The van der Waals surface area contributed by atoms with Gasteiger partial charge in [-0.05, 0) is 43.2 Å². The largest absolute Gasteiger partial charge is 0.356 e. The van der Waals surface area contributed by atoms with E-state index in [1.54, 1.807) is 24.0 Å². The van der Waals surface area contributed by atoms with Crippen molar-refractivity contribution in [3.63, 3.8) is 0 Å². The predicted octanol–water partition coefficient (Wildman–Crippen LogP) is 3.13. The number of piperidine rings is 1. The van der Waals surface area contributed by atoms with Crippen LogP contribution in [0, 0.1) is 0 Å². The van der Waals surface area contributed by atoms with Crippen LogP contribution < -0.4 is 10.2 Å². The number of fused-ring (bicyclic) bond motifs is 1. The Morgan fingerprint density at radius 2 is 1.96 bits per heavy atom. The van der Waals surface area contributed by atoms with Gasteiger partial charge in [0.25, 0.3) is 5.91 Å². The summed E-state index contributed by atoms with van der Waals surface area (Å²) in [4.78, 5) is 19.4. The van der Waals surface area contributed by atoms with E-state index in [9.17, 15) is 4.79 Å². The van der Waals surface area contributed by atoms with Gasteiger partial charge in [-0.15, -0.1) is 0 Å². The number of carbonyl (C=O) groups is 1. The van der Waals surface area contributed by atoms with Gasteiger partial charge in [0.2, 0.25) is 0 Å². The lowest BCUT2D eigenvalue weighted by Crippen LogP contribution is -2.45. The van der Waals surface area contributed by atoms with Crippen molar-refractivity contribution in [3.8, 4) is 0 Å². The summed E-state index contributed by atoms with van der Waals surface area (Å²) < 4.78 is 2.63. The third kappa shape index (κ3) is 3.44. The van der Waals surface area contributed by atoms with Gasteiger partial charge in [-0.2, -0.15) is 5.10 Å². The lowest BCUT2D eigenvalue weighted by atomic mass is 10.0. The molecule has 0 saturated carbocycles. The topological polar surface area (TPSA) is 63.1 Å². The van der Waals surface area contributed by atoms with Gasteiger partial charge in [0.1, 0.15) is 11.5 Å². The van der Waals surface area contributed by atoms with Crippen LogP contribution in [0.5, 0.6) is 0 Å². The van der Waals surface area contributed by atoms with Crippen LogP contribution in [0.25, 0.3) is 10.9 Å². The smallest absolute Gasteiger partial charge is 0.269 e. The molecule has 7 heteroatoms. The quantitative estimate of drug-likeness (QED) is 0.716. The molecule has 0 aliphatic carbocycles. The van der Waals surface area contributed by atoms with E-state index in [4.69, 9.17) is 4.98 Å². The number of pyridine rings is 1. The van der Waals surface area contributed by atoms with Crippen LogP contribution in [0.15, 0.2) is 47.1 Å². The number of halogens is 1. The van der Waals surface area contributed by atoms with E-state index in [1.165, 1.54) is 0 Å². The van der Waals surface area contributed by atoms with Crippen molar-refractivity contribution in [1.82, 2.24) is 20.1 Å². The first-order valence-corrected chi connectivity index (χ1v) is 9.49. The molecule has 4 rings (SSSR count). The zero-order valence-electron chi connectivity index (χ0n) is 14.5. The Morgan fingerprint density at radius 1 is 1.19 bits per heavy atom. The van der Waals surface area contributed by atoms with Crippen molar-refractivity contribution in [2.45, 2.75) is 18.9 Å². The molecule has 26 heavy (non-hydrogen) atoms. The summed E-state index contributed by atoms with van der Waals surface area (Å²) in [5.74, 6) is 0.934. The summed E-state index contributed by atoms with van der Waals surface area (Å²) in [6.45, 7) is 1.76. The molecule has 0 unspecified atom stereocenters. The lowest BCUT2D eigenvalue weighted by Gasteiger charge is -2.33.